The number of piperidine rings is 1. The number of aromatic amines is 1. The molecule has 3 saturated heterocycles. The number of pyridine rings is 1. The van der Waals surface area contributed by atoms with Crippen LogP contribution in [0.3, 0.4) is 0 Å². The summed E-state index contributed by atoms with van der Waals surface area (Å²) in [6.07, 6.45) is 10.4. The molecule has 1 unspecified atom stereocenters. The lowest BCUT2D eigenvalue weighted by molar-refractivity contribution is 0.108. The highest BCUT2D eigenvalue weighted by molar-refractivity contribution is 5.98. The second-order valence-corrected chi connectivity index (χ2v) is 11.6. The molecule has 3 fully saturated rings. The maximum atomic E-state index is 16.4. The predicted octanol–water partition coefficient (Wildman–Crippen LogP) is 5.26. The normalized spacial score (nSPS) is 21.4. The SMILES string of the molecule is Cc1cc(-c2ncc3c(N4CCCC(C)C4)nc(OCC45CCCN4CCC5)nc3c2F)c2cn[nH]c2c1. The van der Waals surface area contributed by atoms with Crippen molar-refractivity contribution in [1.82, 2.24) is 30.0 Å². The zero-order valence-corrected chi connectivity index (χ0v) is 22.1. The first-order valence-corrected chi connectivity index (χ1v) is 13.9. The molecule has 0 bridgehead atoms. The Labute approximate surface area is 221 Å². The first-order chi connectivity index (χ1) is 18.5. The van der Waals surface area contributed by atoms with E-state index in [1.165, 1.54) is 19.3 Å². The van der Waals surface area contributed by atoms with Crippen LogP contribution in [0.5, 0.6) is 6.01 Å². The Balaban J connectivity index is 1.34. The fraction of sp³-hybridized carbons (Fsp3) is 0.517. The molecule has 0 amide bonds. The number of rotatable bonds is 5. The number of fused-ring (bicyclic) bond motifs is 3. The molecule has 198 valence electrons. The minimum atomic E-state index is -0.448. The van der Waals surface area contributed by atoms with Gasteiger partial charge in [-0.3, -0.25) is 15.0 Å². The lowest BCUT2D eigenvalue weighted by Crippen LogP contribution is -2.43. The Morgan fingerprint density at radius 1 is 1.08 bits per heavy atom. The summed E-state index contributed by atoms with van der Waals surface area (Å²) in [4.78, 5) is 19.0. The number of nitrogens with zero attached hydrogens (tertiary/aromatic N) is 6. The number of ether oxygens (including phenoxy) is 1. The lowest BCUT2D eigenvalue weighted by atomic mass is 9.95. The van der Waals surface area contributed by atoms with Gasteiger partial charge in [0.25, 0.3) is 0 Å². The van der Waals surface area contributed by atoms with E-state index in [1.807, 2.05) is 19.1 Å². The molecule has 7 rings (SSSR count). The Hall–Kier alpha value is -3.33. The standard InChI is InChI=1S/C29H34FN7O/c1-18-6-3-9-36(16-18)27-22-14-31-25(20-12-19(2)13-23-21(20)15-32-35-23)24(30)26(22)33-28(34-27)38-17-29-7-4-10-37(29)11-5-8-29/h12-15,18H,3-11,16-17H2,1-2H3,(H,32,35). The average Bonchev–Trinajstić information content (AvgIpc) is 3.63. The molecule has 1 N–H and O–H groups in total. The van der Waals surface area contributed by atoms with Gasteiger partial charge in [-0.2, -0.15) is 15.1 Å². The van der Waals surface area contributed by atoms with Crippen LogP contribution in [0.25, 0.3) is 33.1 Å². The van der Waals surface area contributed by atoms with Crippen molar-refractivity contribution in [3.63, 3.8) is 0 Å². The summed E-state index contributed by atoms with van der Waals surface area (Å²) in [5.41, 5.74) is 3.16. The summed E-state index contributed by atoms with van der Waals surface area (Å²) < 4.78 is 22.8. The van der Waals surface area contributed by atoms with E-state index in [2.05, 4.69) is 36.9 Å². The van der Waals surface area contributed by atoms with Crippen LogP contribution < -0.4 is 9.64 Å². The molecule has 3 aliphatic heterocycles. The predicted molar refractivity (Wildman–Crippen MR) is 146 cm³/mol. The number of anilines is 1. The van der Waals surface area contributed by atoms with Crippen molar-refractivity contribution in [2.45, 2.75) is 57.9 Å². The van der Waals surface area contributed by atoms with Crippen LogP contribution in [0.4, 0.5) is 10.2 Å². The minimum absolute atomic E-state index is 0.0640. The van der Waals surface area contributed by atoms with Gasteiger partial charge in [-0.1, -0.05) is 6.92 Å². The van der Waals surface area contributed by atoms with Crippen LogP contribution in [-0.4, -0.2) is 68.4 Å². The molecule has 3 aliphatic rings. The van der Waals surface area contributed by atoms with Gasteiger partial charge in [0.05, 0.1) is 22.6 Å². The summed E-state index contributed by atoms with van der Waals surface area (Å²) in [5, 5.41) is 8.63. The van der Waals surface area contributed by atoms with Crippen molar-refractivity contribution in [3.05, 3.63) is 35.9 Å². The van der Waals surface area contributed by atoms with Gasteiger partial charge in [-0.25, -0.2) is 4.39 Å². The summed E-state index contributed by atoms with van der Waals surface area (Å²) in [6.45, 7) is 8.79. The molecule has 0 saturated carbocycles. The molecule has 6 heterocycles. The molecule has 1 atom stereocenters. The van der Waals surface area contributed by atoms with E-state index < -0.39 is 5.82 Å². The smallest absolute Gasteiger partial charge is 0.319 e. The van der Waals surface area contributed by atoms with Crippen molar-refractivity contribution < 1.29 is 9.13 Å². The van der Waals surface area contributed by atoms with Crippen molar-refractivity contribution >= 4 is 27.6 Å². The van der Waals surface area contributed by atoms with Crippen LogP contribution in [0.15, 0.2) is 24.5 Å². The Kier molecular flexibility index (Phi) is 5.72. The molecule has 8 nitrogen and oxygen atoms in total. The van der Waals surface area contributed by atoms with Gasteiger partial charge in [0.2, 0.25) is 0 Å². The first-order valence-electron chi connectivity index (χ1n) is 13.9. The number of aryl methyl sites for hydroxylation is 1. The summed E-state index contributed by atoms with van der Waals surface area (Å²) in [7, 11) is 0. The number of hydrogen-bond acceptors (Lipinski definition) is 7. The Bertz CT molecular complexity index is 1510. The number of H-pyrrole nitrogens is 1. The number of halogens is 1. The second-order valence-electron chi connectivity index (χ2n) is 11.6. The monoisotopic (exact) mass is 515 g/mol. The van der Waals surface area contributed by atoms with Gasteiger partial charge in [-0.05, 0) is 82.2 Å². The van der Waals surface area contributed by atoms with Gasteiger partial charge in [0.1, 0.15) is 23.6 Å². The van der Waals surface area contributed by atoms with Crippen molar-refractivity contribution in [2.75, 3.05) is 37.7 Å². The second kappa shape index (κ2) is 9.15. The van der Waals surface area contributed by atoms with E-state index in [0.717, 1.165) is 67.7 Å². The molecule has 4 aromatic rings. The maximum Gasteiger partial charge on any atom is 0.319 e. The quantitative estimate of drug-likeness (QED) is 0.388. The lowest BCUT2D eigenvalue weighted by Gasteiger charge is -2.33. The van der Waals surface area contributed by atoms with Crippen LogP contribution in [0.1, 0.15) is 51.0 Å². The Morgan fingerprint density at radius 2 is 1.92 bits per heavy atom. The molecule has 1 aromatic carbocycles. The van der Waals surface area contributed by atoms with E-state index in [9.17, 15) is 0 Å². The highest BCUT2D eigenvalue weighted by Gasteiger charge is 2.45. The minimum Gasteiger partial charge on any atom is -0.461 e. The molecular weight excluding hydrogens is 481 g/mol. The highest BCUT2D eigenvalue weighted by atomic mass is 19.1. The van der Waals surface area contributed by atoms with Crippen LogP contribution >= 0.6 is 0 Å². The molecule has 0 spiro atoms. The van der Waals surface area contributed by atoms with Crippen molar-refractivity contribution in [3.8, 4) is 17.3 Å². The van der Waals surface area contributed by atoms with Crippen LogP contribution in [0, 0.1) is 18.7 Å². The molecular formula is C29H34FN7O. The third-order valence-electron chi connectivity index (χ3n) is 8.84. The van der Waals surface area contributed by atoms with Gasteiger partial charge in [0.15, 0.2) is 5.82 Å². The fourth-order valence-electron chi connectivity index (χ4n) is 6.95. The van der Waals surface area contributed by atoms with E-state index in [-0.39, 0.29) is 22.8 Å². The zero-order chi connectivity index (χ0) is 25.9. The number of aromatic nitrogens is 5. The van der Waals surface area contributed by atoms with E-state index in [1.54, 1.807) is 12.4 Å². The van der Waals surface area contributed by atoms with E-state index in [0.29, 0.717) is 23.5 Å². The summed E-state index contributed by atoms with van der Waals surface area (Å²) in [6, 6.07) is 4.21. The van der Waals surface area contributed by atoms with Crippen molar-refractivity contribution in [2.24, 2.45) is 5.92 Å². The number of benzene rings is 1. The Morgan fingerprint density at radius 3 is 2.74 bits per heavy atom. The molecule has 3 aromatic heterocycles. The summed E-state index contributed by atoms with van der Waals surface area (Å²) >= 11 is 0. The van der Waals surface area contributed by atoms with Gasteiger partial charge in [0, 0.05) is 30.2 Å². The topological polar surface area (TPSA) is 83.1 Å². The third kappa shape index (κ3) is 3.90. The van der Waals surface area contributed by atoms with Gasteiger partial charge >= 0.3 is 6.01 Å². The van der Waals surface area contributed by atoms with E-state index in [4.69, 9.17) is 9.72 Å². The molecule has 9 heteroatoms. The highest BCUT2D eigenvalue weighted by Crippen LogP contribution is 2.40. The average molecular weight is 516 g/mol. The number of nitrogens with one attached hydrogen (secondary N) is 1. The third-order valence-corrected chi connectivity index (χ3v) is 8.84. The van der Waals surface area contributed by atoms with Crippen LogP contribution in [0.2, 0.25) is 0 Å². The van der Waals surface area contributed by atoms with Crippen molar-refractivity contribution in [1.29, 1.82) is 0 Å². The number of hydrogen-bond donors (Lipinski definition) is 1. The van der Waals surface area contributed by atoms with Crippen LogP contribution in [-0.2, 0) is 0 Å². The first kappa shape index (κ1) is 23.8. The fourth-order valence-corrected chi connectivity index (χ4v) is 6.95. The van der Waals surface area contributed by atoms with Gasteiger partial charge in [-0.15, -0.1) is 0 Å². The molecule has 0 radical (unpaired) electrons. The molecule has 38 heavy (non-hydrogen) atoms. The molecule has 0 aliphatic carbocycles. The largest absolute Gasteiger partial charge is 0.461 e. The maximum absolute atomic E-state index is 16.4. The summed E-state index contributed by atoms with van der Waals surface area (Å²) in [5.74, 6) is 0.816. The van der Waals surface area contributed by atoms with Gasteiger partial charge < -0.3 is 9.64 Å². The zero-order valence-electron chi connectivity index (χ0n) is 22.1. The van der Waals surface area contributed by atoms with E-state index >= 15 is 4.39 Å².